The lowest BCUT2D eigenvalue weighted by Gasteiger charge is -2.04. The number of phenols is 1. The second kappa shape index (κ2) is 8.19. The molecule has 0 atom stereocenters. The molecule has 0 aliphatic rings. The van der Waals surface area contributed by atoms with E-state index in [0.29, 0.717) is 12.3 Å². The molecule has 0 radical (unpaired) electrons. The number of carbonyl (C=O) groups is 1. The third-order valence-electron chi connectivity index (χ3n) is 2.71. The van der Waals surface area contributed by atoms with E-state index in [1.54, 1.807) is 18.2 Å². The Morgan fingerprint density at radius 1 is 1.42 bits per heavy atom. The van der Waals surface area contributed by atoms with Crippen LogP contribution < -0.4 is 10.1 Å². The van der Waals surface area contributed by atoms with Gasteiger partial charge in [-0.25, -0.2) is 0 Å². The number of amides is 1. The van der Waals surface area contributed by atoms with Crippen LogP contribution in [0.1, 0.15) is 31.7 Å². The van der Waals surface area contributed by atoms with Gasteiger partial charge in [-0.15, -0.1) is 0 Å². The smallest absolute Gasteiger partial charge is 0.243 e. The van der Waals surface area contributed by atoms with E-state index in [4.69, 9.17) is 4.74 Å². The molecule has 0 spiro atoms. The number of nitrogens with one attached hydrogen (secondary N) is 1. The van der Waals surface area contributed by atoms with Crippen molar-refractivity contribution >= 4 is 12.0 Å². The van der Waals surface area contributed by atoms with Gasteiger partial charge in [0.15, 0.2) is 11.5 Å². The lowest BCUT2D eigenvalue weighted by atomic mass is 10.2. The molecule has 1 rings (SSSR count). The Morgan fingerprint density at radius 3 is 2.89 bits per heavy atom. The Balaban J connectivity index is 2.49. The summed E-state index contributed by atoms with van der Waals surface area (Å²) in [5.74, 6) is 0.373. The van der Waals surface area contributed by atoms with Gasteiger partial charge in [-0.3, -0.25) is 4.79 Å². The first-order chi connectivity index (χ1) is 9.17. The van der Waals surface area contributed by atoms with Gasteiger partial charge in [0.1, 0.15) is 0 Å². The Kier molecular flexibility index (Phi) is 6.50. The van der Waals surface area contributed by atoms with Crippen LogP contribution in [-0.4, -0.2) is 24.7 Å². The van der Waals surface area contributed by atoms with Gasteiger partial charge in [-0.1, -0.05) is 25.8 Å². The summed E-state index contributed by atoms with van der Waals surface area (Å²) in [5, 5.41) is 12.3. The van der Waals surface area contributed by atoms with Crippen LogP contribution in [0.2, 0.25) is 0 Å². The summed E-state index contributed by atoms with van der Waals surface area (Å²) >= 11 is 0. The van der Waals surface area contributed by atoms with E-state index in [1.165, 1.54) is 19.3 Å². The van der Waals surface area contributed by atoms with Crippen molar-refractivity contribution in [2.24, 2.45) is 0 Å². The Morgan fingerprint density at radius 2 is 2.21 bits per heavy atom. The molecular weight excluding hydrogens is 242 g/mol. The zero-order valence-electron chi connectivity index (χ0n) is 11.5. The molecule has 4 heteroatoms. The molecule has 1 aromatic rings. The van der Waals surface area contributed by atoms with Crippen LogP contribution in [0.5, 0.6) is 11.5 Å². The van der Waals surface area contributed by atoms with Crippen LogP contribution in [0.4, 0.5) is 0 Å². The summed E-state index contributed by atoms with van der Waals surface area (Å²) in [5.41, 5.74) is 0.804. The van der Waals surface area contributed by atoms with Gasteiger partial charge in [0, 0.05) is 12.6 Å². The molecule has 2 N–H and O–H groups in total. The zero-order valence-corrected chi connectivity index (χ0v) is 11.5. The number of rotatable bonds is 7. The molecule has 0 saturated heterocycles. The predicted octanol–water partition coefficient (Wildman–Crippen LogP) is 2.72. The summed E-state index contributed by atoms with van der Waals surface area (Å²) < 4.78 is 5.00. The molecule has 0 aliphatic heterocycles. The molecule has 0 heterocycles. The molecule has 1 aromatic carbocycles. The van der Waals surface area contributed by atoms with Crippen LogP contribution in [0.3, 0.4) is 0 Å². The number of benzene rings is 1. The van der Waals surface area contributed by atoms with Crippen LogP contribution >= 0.6 is 0 Å². The minimum Gasteiger partial charge on any atom is -0.504 e. The maximum absolute atomic E-state index is 11.5. The summed E-state index contributed by atoms with van der Waals surface area (Å²) in [6.07, 6.45) is 6.44. The van der Waals surface area contributed by atoms with Crippen LogP contribution in [0, 0.1) is 0 Å². The van der Waals surface area contributed by atoms with Crippen LogP contribution in [0.15, 0.2) is 24.3 Å². The van der Waals surface area contributed by atoms with Crippen molar-refractivity contribution in [2.75, 3.05) is 13.7 Å². The number of unbranched alkanes of at least 4 members (excludes halogenated alkanes) is 2. The average Bonchev–Trinajstić information content (AvgIpc) is 2.42. The standard InChI is InChI=1S/C15H21NO3/c1-3-4-5-10-16-15(18)9-7-12-6-8-13(17)14(11-12)19-2/h6-9,11,17H,3-5,10H2,1-2H3,(H,16,18)/b9-7+. The molecular formula is C15H21NO3. The second-order valence-electron chi connectivity index (χ2n) is 4.26. The fourth-order valence-electron chi connectivity index (χ4n) is 1.62. The molecule has 0 unspecified atom stereocenters. The first kappa shape index (κ1) is 15.1. The highest BCUT2D eigenvalue weighted by Crippen LogP contribution is 2.26. The maximum atomic E-state index is 11.5. The number of hydrogen-bond acceptors (Lipinski definition) is 3. The van der Waals surface area contributed by atoms with Gasteiger partial charge < -0.3 is 15.2 Å². The van der Waals surface area contributed by atoms with Crippen molar-refractivity contribution in [1.82, 2.24) is 5.32 Å². The summed E-state index contributed by atoms with van der Waals surface area (Å²) in [7, 11) is 1.49. The van der Waals surface area contributed by atoms with Crippen molar-refractivity contribution in [3.8, 4) is 11.5 Å². The Labute approximate surface area is 114 Å². The SMILES string of the molecule is CCCCCNC(=O)/C=C/c1ccc(O)c(OC)c1. The van der Waals surface area contributed by atoms with Crippen LogP contribution in [-0.2, 0) is 4.79 Å². The highest BCUT2D eigenvalue weighted by molar-refractivity contribution is 5.91. The van der Waals surface area contributed by atoms with Gasteiger partial charge in [0.25, 0.3) is 0 Å². The van der Waals surface area contributed by atoms with E-state index >= 15 is 0 Å². The number of carbonyl (C=O) groups excluding carboxylic acids is 1. The molecule has 1 amide bonds. The quantitative estimate of drug-likeness (QED) is 0.587. The highest BCUT2D eigenvalue weighted by atomic mass is 16.5. The third-order valence-corrected chi connectivity index (χ3v) is 2.71. The molecule has 0 bridgehead atoms. The minimum atomic E-state index is -0.108. The molecule has 0 fully saturated rings. The van der Waals surface area contributed by atoms with E-state index in [1.807, 2.05) is 0 Å². The molecule has 0 aromatic heterocycles. The number of ether oxygens (including phenoxy) is 1. The van der Waals surface area contributed by atoms with E-state index in [-0.39, 0.29) is 11.7 Å². The van der Waals surface area contributed by atoms with Gasteiger partial charge in [-0.05, 0) is 30.2 Å². The fourth-order valence-corrected chi connectivity index (χ4v) is 1.62. The fraction of sp³-hybridized carbons (Fsp3) is 0.400. The summed E-state index contributed by atoms with van der Waals surface area (Å²) in [4.78, 5) is 11.5. The minimum absolute atomic E-state index is 0.0867. The van der Waals surface area contributed by atoms with Gasteiger partial charge in [-0.2, -0.15) is 0 Å². The lowest BCUT2D eigenvalue weighted by Crippen LogP contribution is -2.21. The van der Waals surface area contributed by atoms with E-state index in [0.717, 1.165) is 24.8 Å². The van der Waals surface area contributed by atoms with E-state index in [9.17, 15) is 9.90 Å². The number of phenolic OH excluding ortho intramolecular Hbond substituents is 1. The van der Waals surface area contributed by atoms with Gasteiger partial charge in [0.2, 0.25) is 5.91 Å². The Hall–Kier alpha value is -1.97. The average molecular weight is 263 g/mol. The highest BCUT2D eigenvalue weighted by Gasteiger charge is 2.01. The summed E-state index contributed by atoms with van der Waals surface area (Å²) in [6.45, 7) is 2.83. The first-order valence-electron chi connectivity index (χ1n) is 6.50. The summed E-state index contributed by atoms with van der Waals surface area (Å²) in [6, 6.07) is 4.94. The van der Waals surface area contributed by atoms with Crippen LogP contribution in [0.25, 0.3) is 6.08 Å². The Bertz CT molecular complexity index is 441. The van der Waals surface area contributed by atoms with Crippen molar-refractivity contribution in [1.29, 1.82) is 0 Å². The van der Waals surface area contributed by atoms with Crippen molar-refractivity contribution in [3.63, 3.8) is 0 Å². The first-order valence-corrected chi connectivity index (χ1v) is 6.50. The number of methoxy groups -OCH3 is 1. The monoisotopic (exact) mass is 263 g/mol. The largest absolute Gasteiger partial charge is 0.504 e. The molecule has 19 heavy (non-hydrogen) atoms. The number of hydrogen-bond donors (Lipinski definition) is 2. The second-order valence-corrected chi connectivity index (χ2v) is 4.26. The van der Waals surface area contributed by atoms with Gasteiger partial charge >= 0.3 is 0 Å². The molecule has 4 nitrogen and oxygen atoms in total. The third kappa shape index (κ3) is 5.46. The lowest BCUT2D eigenvalue weighted by molar-refractivity contribution is -0.116. The number of aromatic hydroxyl groups is 1. The van der Waals surface area contributed by atoms with E-state index in [2.05, 4.69) is 12.2 Å². The van der Waals surface area contributed by atoms with Gasteiger partial charge in [0.05, 0.1) is 7.11 Å². The maximum Gasteiger partial charge on any atom is 0.243 e. The topological polar surface area (TPSA) is 58.6 Å². The molecule has 104 valence electrons. The zero-order chi connectivity index (χ0) is 14.1. The van der Waals surface area contributed by atoms with Crippen molar-refractivity contribution in [2.45, 2.75) is 26.2 Å². The predicted molar refractivity (Wildman–Crippen MR) is 76.2 cm³/mol. The van der Waals surface area contributed by atoms with Crippen molar-refractivity contribution in [3.05, 3.63) is 29.8 Å². The van der Waals surface area contributed by atoms with E-state index < -0.39 is 0 Å². The molecule has 0 saturated carbocycles. The normalized spacial score (nSPS) is 10.6. The van der Waals surface area contributed by atoms with Crippen molar-refractivity contribution < 1.29 is 14.6 Å². The molecule has 0 aliphatic carbocycles.